The summed E-state index contributed by atoms with van der Waals surface area (Å²) in [5, 5.41) is 2.91. The summed E-state index contributed by atoms with van der Waals surface area (Å²) in [6.07, 6.45) is -2.39. The molecule has 2 rings (SSSR count). The smallest absolute Gasteiger partial charge is 0.406 e. The zero-order valence-corrected chi connectivity index (χ0v) is 13.7. The number of nitrogens with two attached hydrogens (primary N) is 1. The van der Waals surface area contributed by atoms with E-state index in [1.165, 1.54) is 24.3 Å². The van der Waals surface area contributed by atoms with Crippen LogP contribution in [0.25, 0.3) is 0 Å². The Kier molecular flexibility index (Phi) is 7.32. The minimum absolute atomic E-state index is 0.190. The van der Waals surface area contributed by atoms with Crippen LogP contribution in [0.2, 0.25) is 0 Å². The number of hydrogen-bond donors (Lipinski definition) is 2. The average Bonchev–Trinajstić information content (AvgIpc) is 3.06. The Bertz CT molecular complexity index is 544. The summed E-state index contributed by atoms with van der Waals surface area (Å²) in [5.41, 5.74) is 6.44. The predicted octanol–water partition coefficient (Wildman–Crippen LogP) is 2.19. The number of nitrogens with one attached hydrogen (secondary N) is 1. The topological polar surface area (TPSA) is 78.1 Å². The number of aliphatic imine (C=N–C) groups is 1. The van der Waals surface area contributed by atoms with Crippen LogP contribution >= 0.6 is 0 Å². The first-order chi connectivity index (χ1) is 11.9. The second kappa shape index (κ2) is 9.47. The van der Waals surface area contributed by atoms with Gasteiger partial charge in [-0.1, -0.05) is 12.1 Å². The number of alkyl halides is 3. The fraction of sp³-hybridized carbons (Fsp3) is 0.562. The molecule has 1 heterocycles. The van der Waals surface area contributed by atoms with Gasteiger partial charge in [-0.25, -0.2) is 4.99 Å². The molecule has 0 aromatic heterocycles. The zero-order chi connectivity index (χ0) is 18.1. The molecule has 140 valence electrons. The number of benzene rings is 1. The fourth-order valence-electron chi connectivity index (χ4n) is 2.27. The molecule has 1 unspecified atom stereocenters. The third-order valence-corrected chi connectivity index (χ3v) is 3.47. The summed E-state index contributed by atoms with van der Waals surface area (Å²) in [6.45, 7) is 2.63. The Labute approximate surface area is 144 Å². The Morgan fingerprint density at radius 1 is 1.32 bits per heavy atom. The molecule has 25 heavy (non-hydrogen) atoms. The van der Waals surface area contributed by atoms with E-state index in [0.29, 0.717) is 25.3 Å². The van der Waals surface area contributed by atoms with E-state index >= 15 is 0 Å². The highest BCUT2D eigenvalue weighted by Gasteiger charge is 2.30. The molecule has 0 aliphatic carbocycles. The molecule has 3 N–H and O–H groups in total. The van der Waals surface area contributed by atoms with Crippen LogP contribution in [0.1, 0.15) is 18.4 Å². The molecule has 0 saturated carbocycles. The van der Waals surface area contributed by atoms with Gasteiger partial charge in [-0.15, -0.1) is 13.2 Å². The minimum Gasteiger partial charge on any atom is -0.406 e. The highest BCUT2D eigenvalue weighted by Crippen LogP contribution is 2.22. The van der Waals surface area contributed by atoms with Gasteiger partial charge in [0.15, 0.2) is 5.96 Å². The third-order valence-electron chi connectivity index (χ3n) is 3.47. The third kappa shape index (κ3) is 8.08. The Hall–Kier alpha value is -2.00. The maximum absolute atomic E-state index is 12.1. The lowest BCUT2D eigenvalue weighted by atomic mass is 10.2. The number of rotatable bonds is 8. The summed E-state index contributed by atoms with van der Waals surface area (Å²) in [5.74, 6) is -0.0222. The fourth-order valence-corrected chi connectivity index (χ4v) is 2.27. The lowest BCUT2D eigenvalue weighted by Crippen LogP contribution is -2.34. The van der Waals surface area contributed by atoms with Gasteiger partial charge in [0.2, 0.25) is 0 Å². The van der Waals surface area contributed by atoms with Crippen LogP contribution in [0.15, 0.2) is 29.3 Å². The Morgan fingerprint density at radius 3 is 2.72 bits per heavy atom. The van der Waals surface area contributed by atoms with Crippen LogP contribution in [-0.2, 0) is 16.0 Å². The van der Waals surface area contributed by atoms with E-state index in [2.05, 4.69) is 15.0 Å². The molecular weight excluding hydrogens is 339 g/mol. The van der Waals surface area contributed by atoms with Crippen molar-refractivity contribution < 1.29 is 27.4 Å². The molecule has 0 radical (unpaired) electrons. The van der Waals surface area contributed by atoms with Crippen molar-refractivity contribution in [1.82, 2.24) is 5.32 Å². The van der Waals surface area contributed by atoms with E-state index in [9.17, 15) is 13.2 Å². The van der Waals surface area contributed by atoms with E-state index in [1.807, 2.05) is 0 Å². The maximum atomic E-state index is 12.1. The van der Waals surface area contributed by atoms with Crippen LogP contribution in [0.3, 0.4) is 0 Å². The maximum Gasteiger partial charge on any atom is 0.573 e. The van der Waals surface area contributed by atoms with E-state index in [1.54, 1.807) is 0 Å². The van der Waals surface area contributed by atoms with Gasteiger partial charge in [0.05, 0.1) is 25.9 Å². The molecular formula is C16H22F3N3O3. The molecule has 1 aromatic carbocycles. The van der Waals surface area contributed by atoms with Gasteiger partial charge in [0.25, 0.3) is 0 Å². The summed E-state index contributed by atoms with van der Waals surface area (Å²) < 4.78 is 50.9. The molecule has 1 saturated heterocycles. The van der Waals surface area contributed by atoms with Crippen molar-refractivity contribution >= 4 is 5.96 Å². The predicted molar refractivity (Wildman–Crippen MR) is 86.2 cm³/mol. The second-order valence-corrected chi connectivity index (χ2v) is 5.53. The summed E-state index contributed by atoms with van der Waals surface area (Å²) in [6, 6.07) is 5.48. The van der Waals surface area contributed by atoms with Crippen molar-refractivity contribution in [2.75, 3.05) is 26.4 Å². The lowest BCUT2D eigenvalue weighted by molar-refractivity contribution is -0.274. The summed E-state index contributed by atoms with van der Waals surface area (Å²) in [7, 11) is 0. The lowest BCUT2D eigenvalue weighted by Gasteiger charge is -2.11. The van der Waals surface area contributed by atoms with E-state index in [4.69, 9.17) is 15.2 Å². The van der Waals surface area contributed by atoms with E-state index < -0.39 is 6.36 Å². The van der Waals surface area contributed by atoms with Gasteiger partial charge < -0.3 is 25.3 Å². The molecule has 1 fully saturated rings. The van der Waals surface area contributed by atoms with Crippen molar-refractivity contribution in [2.45, 2.75) is 31.9 Å². The number of hydrogen-bond acceptors (Lipinski definition) is 4. The summed E-state index contributed by atoms with van der Waals surface area (Å²) in [4.78, 5) is 4.11. The van der Waals surface area contributed by atoms with Gasteiger partial charge in [0, 0.05) is 13.2 Å². The number of halogens is 3. The largest absolute Gasteiger partial charge is 0.573 e. The number of guanidine groups is 1. The van der Waals surface area contributed by atoms with Crippen molar-refractivity contribution in [3.8, 4) is 5.75 Å². The van der Waals surface area contributed by atoms with Gasteiger partial charge in [-0.3, -0.25) is 0 Å². The van der Waals surface area contributed by atoms with E-state index in [0.717, 1.165) is 19.4 Å². The van der Waals surface area contributed by atoms with Gasteiger partial charge in [-0.2, -0.15) is 0 Å². The molecule has 1 aliphatic heterocycles. The molecule has 1 aromatic rings. The quantitative estimate of drug-likeness (QED) is 0.422. The average molecular weight is 361 g/mol. The molecule has 1 aliphatic rings. The Balaban J connectivity index is 1.62. The minimum atomic E-state index is -4.69. The Morgan fingerprint density at radius 2 is 2.08 bits per heavy atom. The number of ether oxygens (including phenoxy) is 3. The zero-order valence-electron chi connectivity index (χ0n) is 13.7. The van der Waals surface area contributed by atoms with Gasteiger partial charge in [0.1, 0.15) is 5.75 Å². The highest BCUT2D eigenvalue weighted by molar-refractivity contribution is 5.77. The van der Waals surface area contributed by atoms with Gasteiger partial charge in [-0.05, 0) is 30.5 Å². The standard InChI is InChI=1S/C16H22F3N3O3/c17-16(18,19)25-13-5-3-12(4-6-13)10-22-15(20)21-7-9-23-11-14-2-1-8-24-14/h3-6,14H,1-2,7-11H2,(H3,20,21,22). The second-order valence-electron chi connectivity index (χ2n) is 5.53. The first-order valence-electron chi connectivity index (χ1n) is 8.00. The van der Waals surface area contributed by atoms with Crippen molar-refractivity contribution in [1.29, 1.82) is 0 Å². The molecule has 0 amide bonds. The SMILES string of the molecule is NC(=NCc1ccc(OC(F)(F)F)cc1)NCCOCC1CCCO1. The number of nitrogens with zero attached hydrogens (tertiary/aromatic N) is 1. The molecule has 0 bridgehead atoms. The summed E-state index contributed by atoms with van der Waals surface area (Å²) >= 11 is 0. The molecule has 9 heteroatoms. The van der Waals surface area contributed by atoms with Crippen LogP contribution in [0.5, 0.6) is 5.75 Å². The monoisotopic (exact) mass is 361 g/mol. The van der Waals surface area contributed by atoms with Crippen molar-refractivity contribution in [3.63, 3.8) is 0 Å². The van der Waals surface area contributed by atoms with Crippen molar-refractivity contribution in [3.05, 3.63) is 29.8 Å². The molecule has 0 spiro atoms. The van der Waals surface area contributed by atoms with Crippen molar-refractivity contribution in [2.24, 2.45) is 10.7 Å². The molecule has 1 atom stereocenters. The first-order valence-corrected chi connectivity index (χ1v) is 8.00. The normalized spacial score (nSPS) is 18.4. The van der Waals surface area contributed by atoms with Gasteiger partial charge >= 0.3 is 6.36 Å². The van der Waals surface area contributed by atoms with E-state index in [-0.39, 0.29) is 24.4 Å². The van der Waals surface area contributed by atoms with Crippen LogP contribution in [0.4, 0.5) is 13.2 Å². The van der Waals surface area contributed by atoms with Crippen LogP contribution in [-0.4, -0.2) is 44.8 Å². The van der Waals surface area contributed by atoms with Crippen LogP contribution < -0.4 is 15.8 Å². The highest BCUT2D eigenvalue weighted by atomic mass is 19.4. The molecule has 6 nitrogen and oxygen atoms in total. The van der Waals surface area contributed by atoms with Crippen LogP contribution in [0, 0.1) is 0 Å². The first kappa shape index (κ1) is 19.3.